The Kier molecular flexibility index (Phi) is 4.93. The Morgan fingerprint density at radius 2 is 2.16 bits per heavy atom. The maximum Gasteiger partial charge on any atom is 0.250 e. The van der Waals surface area contributed by atoms with Gasteiger partial charge in [0.2, 0.25) is 5.89 Å². The van der Waals surface area contributed by atoms with Crippen LogP contribution in [0, 0.1) is 11.7 Å². The SMILES string of the molecule is C[C@@H](CO)CSCc1nnc(-c2ccccc2F)o1. The number of aliphatic hydroxyl groups excluding tert-OH is 1. The van der Waals surface area contributed by atoms with Gasteiger partial charge in [-0.05, 0) is 23.8 Å². The molecule has 19 heavy (non-hydrogen) atoms. The van der Waals surface area contributed by atoms with Gasteiger partial charge in [-0.1, -0.05) is 19.1 Å². The van der Waals surface area contributed by atoms with Gasteiger partial charge in [0.15, 0.2) is 0 Å². The van der Waals surface area contributed by atoms with E-state index in [1.54, 1.807) is 30.0 Å². The van der Waals surface area contributed by atoms with Gasteiger partial charge in [0.05, 0.1) is 11.3 Å². The highest BCUT2D eigenvalue weighted by Crippen LogP contribution is 2.22. The van der Waals surface area contributed by atoms with Gasteiger partial charge >= 0.3 is 0 Å². The number of hydrogen-bond acceptors (Lipinski definition) is 5. The van der Waals surface area contributed by atoms with E-state index in [9.17, 15) is 4.39 Å². The van der Waals surface area contributed by atoms with Crippen molar-refractivity contribution in [2.75, 3.05) is 12.4 Å². The van der Waals surface area contributed by atoms with E-state index in [2.05, 4.69) is 10.2 Å². The molecule has 0 aliphatic carbocycles. The summed E-state index contributed by atoms with van der Waals surface area (Å²) in [6.45, 7) is 2.13. The first-order valence-corrected chi connectivity index (χ1v) is 7.12. The molecule has 0 spiro atoms. The van der Waals surface area contributed by atoms with Gasteiger partial charge < -0.3 is 9.52 Å². The number of aliphatic hydroxyl groups is 1. The van der Waals surface area contributed by atoms with Crippen LogP contribution in [0.15, 0.2) is 28.7 Å². The normalized spacial score (nSPS) is 12.6. The van der Waals surface area contributed by atoms with E-state index in [1.165, 1.54) is 6.07 Å². The van der Waals surface area contributed by atoms with Gasteiger partial charge in [-0.15, -0.1) is 10.2 Å². The predicted octanol–water partition coefficient (Wildman–Crippen LogP) is 2.74. The highest BCUT2D eigenvalue weighted by molar-refractivity contribution is 7.98. The Morgan fingerprint density at radius 1 is 1.37 bits per heavy atom. The van der Waals surface area contributed by atoms with E-state index in [-0.39, 0.29) is 24.2 Å². The molecule has 1 N–H and O–H groups in total. The lowest BCUT2D eigenvalue weighted by atomic mass is 10.2. The maximum absolute atomic E-state index is 13.5. The summed E-state index contributed by atoms with van der Waals surface area (Å²) in [5.41, 5.74) is 0.315. The summed E-state index contributed by atoms with van der Waals surface area (Å²) in [6, 6.07) is 6.30. The van der Waals surface area contributed by atoms with Crippen LogP contribution in [0.25, 0.3) is 11.5 Å². The molecule has 2 aromatic rings. The van der Waals surface area contributed by atoms with E-state index in [4.69, 9.17) is 9.52 Å². The molecule has 1 aromatic carbocycles. The quantitative estimate of drug-likeness (QED) is 0.882. The lowest BCUT2D eigenvalue weighted by Crippen LogP contribution is -2.03. The molecular weight excluding hydrogens is 267 g/mol. The first-order chi connectivity index (χ1) is 9.20. The lowest BCUT2D eigenvalue weighted by Gasteiger charge is -2.04. The molecule has 2 rings (SSSR count). The highest BCUT2D eigenvalue weighted by Gasteiger charge is 2.12. The molecule has 0 amide bonds. The average Bonchev–Trinajstić information content (AvgIpc) is 2.87. The summed E-state index contributed by atoms with van der Waals surface area (Å²) < 4.78 is 18.9. The smallest absolute Gasteiger partial charge is 0.250 e. The number of halogens is 1. The van der Waals surface area contributed by atoms with Crippen molar-refractivity contribution in [1.29, 1.82) is 0 Å². The molecule has 1 aromatic heterocycles. The fourth-order valence-electron chi connectivity index (χ4n) is 1.46. The number of thioether (sulfide) groups is 1. The lowest BCUT2D eigenvalue weighted by molar-refractivity contribution is 0.250. The molecule has 0 saturated heterocycles. The number of rotatable bonds is 6. The Morgan fingerprint density at radius 3 is 2.89 bits per heavy atom. The second-order valence-electron chi connectivity index (χ2n) is 4.28. The summed E-state index contributed by atoms with van der Waals surface area (Å²) in [5, 5.41) is 16.6. The topological polar surface area (TPSA) is 59.2 Å². The Bertz CT molecular complexity index is 533. The number of aromatic nitrogens is 2. The largest absolute Gasteiger partial charge is 0.420 e. The molecular formula is C13H15FN2O2S. The standard InChI is InChI=1S/C13H15FN2O2S/c1-9(6-17)7-19-8-12-15-16-13(18-12)10-4-2-3-5-11(10)14/h2-5,9,17H,6-8H2,1H3/t9-/m0/s1. The minimum absolute atomic E-state index is 0.164. The zero-order valence-corrected chi connectivity index (χ0v) is 11.4. The van der Waals surface area contributed by atoms with Crippen molar-refractivity contribution in [3.8, 4) is 11.5 Å². The third-order valence-corrected chi connectivity index (χ3v) is 3.77. The summed E-state index contributed by atoms with van der Waals surface area (Å²) in [5.74, 6) is 1.90. The number of nitrogens with zero attached hydrogens (tertiary/aromatic N) is 2. The molecule has 0 aliphatic rings. The van der Waals surface area contributed by atoms with E-state index >= 15 is 0 Å². The van der Waals surface area contributed by atoms with Crippen molar-refractivity contribution in [3.63, 3.8) is 0 Å². The molecule has 0 fully saturated rings. The maximum atomic E-state index is 13.5. The minimum atomic E-state index is -0.376. The van der Waals surface area contributed by atoms with Crippen LogP contribution < -0.4 is 0 Å². The van der Waals surface area contributed by atoms with Gasteiger partial charge in [-0.3, -0.25) is 0 Å². The molecule has 1 heterocycles. The Labute approximate surface area is 115 Å². The number of hydrogen-bond donors (Lipinski definition) is 1. The second-order valence-corrected chi connectivity index (χ2v) is 5.31. The molecule has 0 radical (unpaired) electrons. The molecule has 0 aliphatic heterocycles. The number of benzene rings is 1. The zero-order chi connectivity index (χ0) is 13.7. The van der Waals surface area contributed by atoms with Crippen LogP contribution >= 0.6 is 11.8 Å². The third kappa shape index (κ3) is 3.78. The zero-order valence-electron chi connectivity index (χ0n) is 10.5. The van der Waals surface area contributed by atoms with Crippen LogP contribution in [0.2, 0.25) is 0 Å². The highest BCUT2D eigenvalue weighted by atomic mass is 32.2. The van der Waals surface area contributed by atoms with Crippen molar-refractivity contribution >= 4 is 11.8 Å². The molecule has 102 valence electrons. The third-order valence-electron chi connectivity index (χ3n) is 2.51. The summed E-state index contributed by atoms with van der Waals surface area (Å²) in [6.07, 6.45) is 0. The van der Waals surface area contributed by atoms with Crippen molar-refractivity contribution < 1.29 is 13.9 Å². The first-order valence-electron chi connectivity index (χ1n) is 5.96. The van der Waals surface area contributed by atoms with Crippen LogP contribution in [0.5, 0.6) is 0 Å². The molecule has 0 saturated carbocycles. The Balaban J connectivity index is 1.98. The van der Waals surface area contributed by atoms with Crippen molar-refractivity contribution in [1.82, 2.24) is 10.2 Å². The summed E-state index contributed by atoms with van der Waals surface area (Å²) in [7, 11) is 0. The monoisotopic (exact) mass is 282 g/mol. The van der Waals surface area contributed by atoms with Crippen molar-refractivity contribution in [2.45, 2.75) is 12.7 Å². The molecule has 0 bridgehead atoms. The van der Waals surface area contributed by atoms with Gasteiger partial charge in [0.25, 0.3) is 5.89 Å². The van der Waals surface area contributed by atoms with Crippen LogP contribution in [0.3, 0.4) is 0 Å². The summed E-state index contributed by atoms with van der Waals surface area (Å²) in [4.78, 5) is 0. The van der Waals surface area contributed by atoms with Gasteiger partial charge in [0, 0.05) is 6.61 Å². The van der Waals surface area contributed by atoms with Crippen LogP contribution in [0.4, 0.5) is 4.39 Å². The van der Waals surface area contributed by atoms with E-state index in [0.717, 1.165) is 5.75 Å². The molecule has 6 heteroatoms. The van der Waals surface area contributed by atoms with Gasteiger partial charge in [-0.25, -0.2) is 4.39 Å². The van der Waals surface area contributed by atoms with Crippen LogP contribution in [-0.2, 0) is 5.75 Å². The molecule has 4 nitrogen and oxygen atoms in total. The fourth-order valence-corrected chi connectivity index (χ4v) is 2.37. The molecule has 1 atom stereocenters. The van der Waals surface area contributed by atoms with E-state index in [0.29, 0.717) is 17.2 Å². The van der Waals surface area contributed by atoms with Gasteiger partial charge in [0.1, 0.15) is 5.82 Å². The van der Waals surface area contributed by atoms with E-state index < -0.39 is 0 Å². The van der Waals surface area contributed by atoms with Crippen LogP contribution in [-0.4, -0.2) is 27.7 Å². The van der Waals surface area contributed by atoms with Gasteiger partial charge in [-0.2, -0.15) is 11.8 Å². The fraction of sp³-hybridized carbons (Fsp3) is 0.385. The van der Waals surface area contributed by atoms with E-state index in [1.807, 2.05) is 6.92 Å². The molecule has 0 unspecified atom stereocenters. The summed E-state index contributed by atoms with van der Waals surface area (Å²) >= 11 is 1.60. The average molecular weight is 282 g/mol. The second kappa shape index (κ2) is 6.68. The van der Waals surface area contributed by atoms with Crippen molar-refractivity contribution in [3.05, 3.63) is 36.0 Å². The van der Waals surface area contributed by atoms with Crippen molar-refractivity contribution in [2.24, 2.45) is 5.92 Å². The Hall–Kier alpha value is -1.40. The first kappa shape index (κ1) is 14.0. The van der Waals surface area contributed by atoms with Crippen LogP contribution in [0.1, 0.15) is 12.8 Å². The predicted molar refractivity (Wildman–Crippen MR) is 72.1 cm³/mol. The minimum Gasteiger partial charge on any atom is -0.420 e.